The quantitative estimate of drug-likeness (QED) is 0.846. The second kappa shape index (κ2) is 5.79. The first kappa shape index (κ1) is 15.8. The molecule has 0 bridgehead atoms. The van der Waals surface area contributed by atoms with Gasteiger partial charge in [0.15, 0.2) is 5.78 Å². The van der Waals surface area contributed by atoms with Gasteiger partial charge in [-0.15, -0.1) is 0 Å². The second-order valence-corrected chi connectivity index (χ2v) is 6.62. The maximum absolute atomic E-state index is 13.6. The summed E-state index contributed by atoms with van der Waals surface area (Å²) in [4.78, 5) is 11.3. The predicted molar refractivity (Wildman–Crippen MR) is 71.0 cm³/mol. The smallest absolute Gasteiger partial charge is 0.243 e. The molecule has 0 aliphatic carbocycles. The lowest BCUT2D eigenvalue weighted by Crippen LogP contribution is -2.31. The standard InChI is InChI=1S/C13H18FNO3S/c1-8(2)13(16)10-5-6-11(14)12(7-10)19(17,18)15-9(3)4/h5-9,15H,1-4H3. The molecule has 0 radical (unpaired) electrons. The van der Waals surface area contributed by atoms with Gasteiger partial charge in [-0.25, -0.2) is 17.5 Å². The molecule has 0 saturated carbocycles. The monoisotopic (exact) mass is 287 g/mol. The molecule has 1 aromatic rings. The van der Waals surface area contributed by atoms with E-state index >= 15 is 0 Å². The molecule has 1 N–H and O–H groups in total. The largest absolute Gasteiger partial charge is 0.294 e. The molecule has 0 heterocycles. The Morgan fingerprint density at radius 1 is 1.21 bits per heavy atom. The van der Waals surface area contributed by atoms with Crippen LogP contribution in [0.15, 0.2) is 23.1 Å². The van der Waals surface area contributed by atoms with E-state index in [1.165, 1.54) is 6.07 Å². The van der Waals surface area contributed by atoms with E-state index in [0.29, 0.717) is 0 Å². The van der Waals surface area contributed by atoms with E-state index in [1.807, 2.05) is 0 Å². The van der Waals surface area contributed by atoms with Crippen LogP contribution >= 0.6 is 0 Å². The highest BCUT2D eigenvalue weighted by Gasteiger charge is 2.22. The third-order valence-corrected chi connectivity index (χ3v) is 4.09. The SMILES string of the molecule is CC(C)NS(=O)(=O)c1cc(C(=O)C(C)C)ccc1F. The van der Waals surface area contributed by atoms with Crippen LogP contribution in [-0.4, -0.2) is 20.2 Å². The Labute approximate surface area is 113 Å². The van der Waals surface area contributed by atoms with Gasteiger partial charge in [-0.05, 0) is 32.0 Å². The lowest BCUT2D eigenvalue weighted by Gasteiger charge is -2.12. The highest BCUT2D eigenvalue weighted by Crippen LogP contribution is 2.19. The van der Waals surface area contributed by atoms with Crippen molar-refractivity contribution in [1.82, 2.24) is 4.72 Å². The Morgan fingerprint density at radius 2 is 1.79 bits per heavy atom. The van der Waals surface area contributed by atoms with Crippen LogP contribution in [0.1, 0.15) is 38.1 Å². The number of ketones is 1. The number of halogens is 1. The van der Waals surface area contributed by atoms with Gasteiger partial charge in [0, 0.05) is 17.5 Å². The Bertz CT molecular complexity index is 580. The summed E-state index contributed by atoms with van der Waals surface area (Å²) >= 11 is 0. The van der Waals surface area contributed by atoms with Crippen molar-refractivity contribution in [2.24, 2.45) is 5.92 Å². The Kier molecular flexibility index (Phi) is 4.81. The minimum Gasteiger partial charge on any atom is -0.294 e. The summed E-state index contributed by atoms with van der Waals surface area (Å²) in [5.74, 6) is -1.37. The van der Waals surface area contributed by atoms with Crippen LogP contribution in [0, 0.1) is 11.7 Å². The van der Waals surface area contributed by atoms with Crippen molar-refractivity contribution >= 4 is 15.8 Å². The zero-order valence-corrected chi connectivity index (χ0v) is 12.2. The summed E-state index contributed by atoms with van der Waals surface area (Å²) in [5, 5.41) is 0. The predicted octanol–water partition coefficient (Wildman–Crippen LogP) is 2.35. The molecule has 1 rings (SSSR count). The molecule has 106 valence electrons. The van der Waals surface area contributed by atoms with E-state index in [2.05, 4.69) is 4.72 Å². The van der Waals surface area contributed by atoms with E-state index in [1.54, 1.807) is 27.7 Å². The first-order valence-electron chi connectivity index (χ1n) is 6.01. The van der Waals surface area contributed by atoms with Crippen LogP contribution in [0.2, 0.25) is 0 Å². The van der Waals surface area contributed by atoms with Crippen molar-refractivity contribution in [2.75, 3.05) is 0 Å². The third kappa shape index (κ3) is 3.84. The lowest BCUT2D eigenvalue weighted by atomic mass is 10.0. The number of sulfonamides is 1. The molecule has 0 atom stereocenters. The summed E-state index contributed by atoms with van der Waals surface area (Å²) < 4.78 is 39.8. The number of hydrogen-bond donors (Lipinski definition) is 1. The van der Waals surface area contributed by atoms with Crippen molar-refractivity contribution in [2.45, 2.75) is 38.6 Å². The molecule has 0 fully saturated rings. The number of hydrogen-bond acceptors (Lipinski definition) is 3. The number of carbonyl (C=O) groups excluding carboxylic acids is 1. The zero-order chi connectivity index (χ0) is 14.8. The number of carbonyl (C=O) groups is 1. The topological polar surface area (TPSA) is 63.2 Å². The van der Waals surface area contributed by atoms with Gasteiger partial charge in [0.2, 0.25) is 10.0 Å². The lowest BCUT2D eigenvalue weighted by molar-refractivity contribution is 0.0939. The van der Waals surface area contributed by atoms with Crippen molar-refractivity contribution in [1.29, 1.82) is 0 Å². The fourth-order valence-corrected chi connectivity index (χ4v) is 2.92. The van der Waals surface area contributed by atoms with Crippen LogP contribution in [0.25, 0.3) is 0 Å². The van der Waals surface area contributed by atoms with Crippen molar-refractivity contribution in [3.05, 3.63) is 29.6 Å². The van der Waals surface area contributed by atoms with Crippen LogP contribution in [0.5, 0.6) is 0 Å². The van der Waals surface area contributed by atoms with E-state index in [9.17, 15) is 17.6 Å². The van der Waals surface area contributed by atoms with E-state index in [-0.39, 0.29) is 23.3 Å². The molecule has 6 heteroatoms. The van der Waals surface area contributed by atoms with Gasteiger partial charge in [-0.2, -0.15) is 0 Å². The minimum absolute atomic E-state index is 0.195. The maximum atomic E-state index is 13.6. The molecule has 0 aliphatic heterocycles. The molecule has 4 nitrogen and oxygen atoms in total. The average Bonchev–Trinajstić information content (AvgIpc) is 2.26. The molecule has 19 heavy (non-hydrogen) atoms. The number of nitrogens with one attached hydrogen (secondary N) is 1. The Balaban J connectivity index is 3.29. The highest BCUT2D eigenvalue weighted by molar-refractivity contribution is 7.89. The summed E-state index contributed by atoms with van der Waals surface area (Å²) in [6.07, 6.45) is 0. The Hall–Kier alpha value is -1.27. The number of benzene rings is 1. The van der Waals surface area contributed by atoms with Gasteiger partial charge in [0.1, 0.15) is 10.7 Å². The van der Waals surface area contributed by atoms with E-state index in [0.717, 1.165) is 12.1 Å². The molecular formula is C13H18FNO3S. The van der Waals surface area contributed by atoms with Gasteiger partial charge in [0.05, 0.1) is 0 Å². The van der Waals surface area contributed by atoms with Crippen LogP contribution in [-0.2, 0) is 10.0 Å². The number of Topliss-reactive ketones (excluding diaryl/α,β-unsaturated/α-hetero) is 1. The normalized spacial score (nSPS) is 12.2. The van der Waals surface area contributed by atoms with Crippen molar-refractivity contribution < 1.29 is 17.6 Å². The van der Waals surface area contributed by atoms with E-state index < -0.39 is 20.7 Å². The first-order valence-corrected chi connectivity index (χ1v) is 7.49. The third-order valence-electron chi connectivity index (χ3n) is 2.42. The van der Waals surface area contributed by atoms with Gasteiger partial charge >= 0.3 is 0 Å². The zero-order valence-electron chi connectivity index (χ0n) is 11.4. The number of rotatable bonds is 5. The fourth-order valence-electron chi connectivity index (χ4n) is 1.57. The highest BCUT2D eigenvalue weighted by atomic mass is 32.2. The van der Waals surface area contributed by atoms with Gasteiger partial charge in [0.25, 0.3) is 0 Å². The molecule has 0 unspecified atom stereocenters. The minimum atomic E-state index is -3.95. The van der Waals surface area contributed by atoms with Gasteiger partial charge in [-0.3, -0.25) is 4.79 Å². The molecule has 0 spiro atoms. The molecular weight excluding hydrogens is 269 g/mol. The molecule has 1 aromatic carbocycles. The summed E-state index contributed by atoms with van der Waals surface area (Å²) in [6.45, 7) is 6.68. The summed E-state index contributed by atoms with van der Waals surface area (Å²) in [6, 6.07) is 3.03. The maximum Gasteiger partial charge on any atom is 0.243 e. The van der Waals surface area contributed by atoms with Crippen molar-refractivity contribution in [3.63, 3.8) is 0 Å². The molecule has 0 saturated heterocycles. The van der Waals surface area contributed by atoms with Crippen LogP contribution in [0.4, 0.5) is 4.39 Å². The molecule has 0 aliphatic rings. The summed E-state index contributed by atoms with van der Waals surface area (Å²) in [5.41, 5.74) is 0.195. The molecule has 0 aromatic heterocycles. The second-order valence-electron chi connectivity index (χ2n) is 4.94. The van der Waals surface area contributed by atoms with Crippen LogP contribution in [0.3, 0.4) is 0 Å². The van der Waals surface area contributed by atoms with Crippen molar-refractivity contribution in [3.8, 4) is 0 Å². The fraction of sp³-hybridized carbons (Fsp3) is 0.462. The van der Waals surface area contributed by atoms with Gasteiger partial charge in [-0.1, -0.05) is 13.8 Å². The summed E-state index contributed by atoms with van der Waals surface area (Å²) in [7, 11) is -3.95. The van der Waals surface area contributed by atoms with Gasteiger partial charge < -0.3 is 0 Å². The van der Waals surface area contributed by atoms with E-state index in [4.69, 9.17) is 0 Å². The Morgan fingerprint density at radius 3 is 2.26 bits per heavy atom. The average molecular weight is 287 g/mol. The molecule has 0 amide bonds. The van der Waals surface area contributed by atoms with Crippen LogP contribution < -0.4 is 4.72 Å². The first-order chi connectivity index (χ1) is 8.65.